The van der Waals surface area contributed by atoms with E-state index in [0.29, 0.717) is 19.4 Å². The third-order valence-electron chi connectivity index (χ3n) is 7.76. The molecule has 43 heavy (non-hydrogen) atoms. The number of fused-ring (bicyclic) bond motifs is 2. The normalized spacial score (nSPS) is 14.8. The molecule has 8 heteroatoms. The van der Waals surface area contributed by atoms with Crippen LogP contribution < -0.4 is 9.47 Å². The van der Waals surface area contributed by atoms with Crippen LogP contribution in [0.1, 0.15) is 47.4 Å². The molecule has 0 spiro atoms. The van der Waals surface area contributed by atoms with Gasteiger partial charge in [0.25, 0.3) is 0 Å². The Balaban J connectivity index is 1.39. The van der Waals surface area contributed by atoms with Gasteiger partial charge in [-0.25, -0.2) is 8.42 Å². The van der Waals surface area contributed by atoms with Gasteiger partial charge in [0.1, 0.15) is 0 Å². The third kappa shape index (κ3) is 8.20. The van der Waals surface area contributed by atoms with E-state index in [0.717, 1.165) is 30.1 Å². The van der Waals surface area contributed by atoms with Crippen molar-refractivity contribution in [1.82, 2.24) is 0 Å². The van der Waals surface area contributed by atoms with Crippen molar-refractivity contribution in [3.05, 3.63) is 117 Å². The zero-order valence-corrected chi connectivity index (χ0v) is 28.3. The van der Waals surface area contributed by atoms with E-state index in [-0.39, 0.29) is 20.3 Å². The molecule has 0 unspecified atom stereocenters. The quantitative estimate of drug-likeness (QED) is 0.0523. The van der Waals surface area contributed by atoms with Crippen LogP contribution in [0.3, 0.4) is 0 Å². The number of nitrogens with zero attached hydrogens (tertiary/aromatic N) is 2. The fourth-order valence-corrected chi connectivity index (χ4v) is 9.21. The summed E-state index contributed by atoms with van der Waals surface area (Å²) in [6, 6.07) is 23.9. The number of rotatable bonds is 12. The van der Waals surface area contributed by atoms with Crippen molar-refractivity contribution in [3.8, 4) is 0 Å². The van der Waals surface area contributed by atoms with Crippen LogP contribution in [0.5, 0.6) is 0 Å². The molecule has 0 radical (unpaired) electrons. The maximum atomic E-state index is 11.1. The monoisotopic (exact) mass is 678 g/mol. The molecule has 0 fully saturated rings. The zero-order valence-electron chi connectivity index (χ0n) is 25.0. The Morgan fingerprint density at radius 2 is 1.77 bits per heavy atom. The number of aromatic nitrogens is 1. The van der Waals surface area contributed by atoms with Crippen molar-refractivity contribution in [1.29, 1.82) is 0 Å². The zero-order chi connectivity index (χ0) is 30.4. The average Bonchev–Trinajstić information content (AvgIpc) is 3.51. The molecule has 0 aliphatic carbocycles. The van der Waals surface area contributed by atoms with Crippen LogP contribution in [-0.4, -0.2) is 39.8 Å². The van der Waals surface area contributed by atoms with E-state index in [1.165, 1.54) is 41.5 Å². The minimum absolute atomic E-state index is 0.258. The Kier molecular flexibility index (Phi) is 10.5. The van der Waals surface area contributed by atoms with E-state index in [2.05, 4.69) is 121 Å². The number of benzene rings is 3. The van der Waals surface area contributed by atoms with Crippen LogP contribution in [0, 0.1) is 13.8 Å². The van der Waals surface area contributed by atoms with Gasteiger partial charge in [-0.2, -0.15) is 0 Å². The van der Waals surface area contributed by atoms with Crippen molar-refractivity contribution in [2.45, 2.75) is 57.9 Å². The molecule has 224 valence electrons. The molecule has 1 aliphatic heterocycles. The molecular formula is C35H38N2O3S2Se. The number of para-hydroxylation sites is 1. The standard InChI is InChI=1S/C35H38N2O3S2Se/c1-4-28(17-19-35-37(22-20-29-12-6-5-7-13-29)30-14-8-9-15-33(30)43-35)16-18-34-36(21-10-11-23-42(38,39)40)31-24-26(2)27(3)25-32(31)41-34/h5-9,12-19,24-25H,4,10-11,20-23H2,1-3H3. The Hall–Kier alpha value is -2.87. The van der Waals surface area contributed by atoms with Gasteiger partial charge in [0.05, 0.1) is 10.1 Å². The first-order valence-corrected chi connectivity index (χ1v) is 18.9. The first-order chi connectivity index (χ1) is 20.7. The summed E-state index contributed by atoms with van der Waals surface area (Å²) in [5.41, 5.74) is 7.56. The Labute approximate surface area is 266 Å². The fraction of sp³-hybridized carbons (Fsp3) is 0.286. The molecule has 4 aromatic rings. The predicted molar refractivity (Wildman–Crippen MR) is 180 cm³/mol. The number of anilines is 1. The van der Waals surface area contributed by atoms with E-state index in [4.69, 9.17) is 0 Å². The third-order valence-corrected chi connectivity index (χ3v) is 12.0. The number of hydrogen-bond acceptors (Lipinski definition) is 5. The van der Waals surface area contributed by atoms with E-state index in [1.54, 1.807) is 11.8 Å². The average molecular weight is 678 g/mol. The number of aryl methyl sites for hydroxylation is 4. The molecule has 0 saturated carbocycles. The van der Waals surface area contributed by atoms with Crippen molar-refractivity contribution in [3.63, 3.8) is 0 Å². The van der Waals surface area contributed by atoms with E-state index in [9.17, 15) is 13.0 Å². The second-order valence-electron chi connectivity index (χ2n) is 10.9. The fourth-order valence-electron chi connectivity index (χ4n) is 5.20. The van der Waals surface area contributed by atoms with Crippen molar-refractivity contribution >= 4 is 57.9 Å². The number of hydrogen-bond donors (Lipinski definition) is 0. The van der Waals surface area contributed by atoms with Gasteiger partial charge in [-0.1, -0.05) is 0 Å². The number of thioether (sulfide) groups is 1. The molecule has 0 bridgehead atoms. The summed E-state index contributed by atoms with van der Waals surface area (Å²) in [5, 5.41) is 1.12. The van der Waals surface area contributed by atoms with Gasteiger partial charge in [-0.15, -0.1) is 0 Å². The Bertz CT molecular complexity index is 1790. The maximum absolute atomic E-state index is 11.1. The van der Waals surface area contributed by atoms with Gasteiger partial charge >= 0.3 is 244 Å². The molecule has 0 N–H and O–H groups in total. The number of allylic oxidation sites excluding steroid dienone is 4. The van der Waals surface area contributed by atoms with E-state index < -0.39 is 10.1 Å². The summed E-state index contributed by atoms with van der Waals surface area (Å²) in [7, 11) is -4.19. The van der Waals surface area contributed by atoms with Crippen molar-refractivity contribution in [2.24, 2.45) is 0 Å². The Morgan fingerprint density at radius 3 is 2.53 bits per heavy atom. The first kappa shape index (κ1) is 31.6. The predicted octanol–water partition coefficient (Wildman–Crippen LogP) is 7.17. The van der Waals surface area contributed by atoms with Gasteiger partial charge in [0.15, 0.2) is 0 Å². The molecule has 0 amide bonds. The summed E-state index contributed by atoms with van der Waals surface area (Å²) in [6.45, 7) is 8.06. The van der Waals surface area contributed by atoms with Crippen LogP contribution in [0.2, 0.25) is 0 Å². The summed E-state index contributed by atoms with van der Waals surface area (Å²) < 4.78 is 38.7. The summed E-state index contributed by atoms with van der Waals surface area (Å²) in [4.78, 5) is 3.48. The molecular weight excluding hydrogens is 639 g/mol. The van der Waals surface area contributed by atoms with Crippen molar-refractivity contribution in [2.75, 3.05) is 17.2 Å². The van der Waals surface area contributed by atoms with Crippen LogP contribution >= 0.6 is 11.8 Å². The van der Waals surface area contributed by atoms with Crippen LogP contribution in [0.4, 0.5) is 5.69 Å². The molecule has 5 rings (SSSR count). The van der Waals surface area contributed by atoms with Gasteiger partial charge in [0, 0.05) is 0 Å². The van der Waals surface area contributed by atoms with Crippen molar-refractivity contribution < 1.29 is 17.5 Å². The molecule has 0 atom stereocenters. The molecule has 5 nitrogen and oxygen atoms in total. The summed E-state index contributed by atoms with van der Waals surface area (Å²) in [6.07, 6.45) is 11.9. The number of unbranched alkanes of at least 4 members (excludes halogenated alkanes) is 1. The molecule has 1 aromatic heterocycles. The van der Waals surface area contributed by atoms with Gasteiger partial charge in [-0.3, -0.25) is 0 Å². The van der Waals surface area contributed by atoms with E-state index in [1.807, 2.05) is 0 Å². The second-order valence-corrected chi connectivity index (χ2v) is 15.7. The molecule has 1 aliphatic rings. The molecule has 0 saturated heterocycles. The SMILES string of the molecule is CCC(=C/C=C1\Sc2cc(C)c(C)cc2N1CCCCS(=O)(=O)[O-])/C=C/c1[se]c2ccccc2[n+]1CCc1ccccc1. The van der Waals surface area contributed by atoms with Gasteiger partial charge in [-0.05, 0) is 0 Å². The van der Waals surface area contributed by atoms with Crippen LogP contribution in [0.25, 0.3) is 15.9 Å². The van der Waals surface area contributed by atoms with E-state index >= 15 is 0 Å². The van der Waals surface area contributed by atoms with Crippen LogP contribution in [0.15, 0.2) is 100 Å². The van der Waals surface area contributed by atoms with Crippen LogP contribution in [-0.2, 0) is 23.1 Å². The topological polar surface area (TPSA) is 64.3 Å². The first-order valence-electron chi connectivity index (χ1n) is 14.8. The summed E-state index contributed by atoms with van der Waals surface area (Å²) in [5.74, 6) is -0.315. The molecule has 2 heterocycles. The molecule has 3 aromatic carbocycles. The Morgan fingerprint density at radius 1 is 1.02 bits per heavy atom. The minimum atomic E-state index is -4.19. The van der Waals surface area contributed by atoms with Gasteiger partial charge in [0.2, 0.25) is 0 Å². The second kappa shape index (κ2) is 14.3. The van der Waals surface area contributed by atoms with Gasteiger partial charge < -0.3 is 4.55 Å². The summed E-state index contributed by atoms with van der Waals surface area (Å²) >= 11 is 2.01.